The van der Waals surface area contributed by atoms with Crippen molar-refractivity contribution in [3.8, 4) is 0 Å². The van der Waals surface area contributed by atoms with Gasteiger partial charge in [-0.2, -0.15) is 0 Å². The van der Waals surface area contributed by atoms with E-state index in [0.717, 1.165) is 27.4 Å². The number of aryl methyl sites for hydroxylation is 1. The highest BCUT2D eigenvalue weighted by Crippen LogP contribution is 2.28. The third-order valence-corrected chi connectivity index (χ3v) is 3.24. The monoisotopic (exact) mass is 268 g/mol. The molecule has 0 aliphatic rings. The molecule has 0 aliphatic heterocycles. The number of allylic oxidation sites excluding steroid dienone is 1. The summed E-state index contributed by atoms with van der Waals surface area (Å²) in [6.45, 7) is 5.28. The van der Waals surface area contributed by atoms with E-state index in [-0.39, 0.29) is 5.78 Å². The Hall–Kier alpha value is -1.09. The number of hydrogen-bond donors (Lipinski definition) is 1. The largest absolute Gasteiger partial charge is 0.515 e. The molecule has 0 spiro atoms. The molecule has 0 bridgehead atoms. The van der Waals surface area contributed by atoms with Crippen LogP contribution in [0.5, 0.6) is 0 Å². The Morgan fingerprint density at radius 2 is 2.00 bits per heavy atom. The molecule has 0 heterocycles. The molecule has 2 nitrogen and oxygen atoms in total. The Kier molecular flexibility index (Phi) is 3.69. The minimum Gasteiger partial charge on any atom is -0.515 e. The van der Waals surface area contributed by atoms with Gasteiger partial charge in [0.15, 0.2) is 5.78 Å². The molecule has 0 unspecified atom stereocenters. The zero-order valence-corrected chi connectivity index (χ0v) is 10.6. The Morgan fingerprint density at radius 3 is 2.47 bits per heavy atom. The van der Waals surface area contributed by atoms with E-state index in [1.807, 2.05) is 26.0 Å². The quantitative estimate of drug-likeness (QED) is 0.658. The molecule has 0 saturated heterocycles. The average Bonchev–Trinajstić information content (AvgIpc) is 2.18. The van der Waals surface area contributed by atoms with Crippen LogP contribution >= 0.6 is 15.9 Å². The summed E-state index contributed by atoms with van der Waals surface area (Å²) in [5, 5.41) is 9.09. The van der Waals surface area contributed by atoms with E-state index >= 15 is 0 Å². The van der Waals surface area contributed by atoms with Crippen molar-refractivity contribution in [2.75, 3.05) is 0 Å². The van der Waals surface area contributed by atoms with Crippen molar-refractivity contribution < 1.29 is 9.90 Å². The van der Waals surface area contributed by atoms with Crippen LogP contribution in [0.15, 0.2) is 22.9 Å². The fourth-order valence-electron chi connectivity index (χ4n) is 1.57. The van der Waals surface area contributed by atoms with Crippen LogP contribution in [0.4, 0.5) is 0 Å². The first kappa shape index (κ1) is 12.0. The molecule has 3 heteroatoms. The number of aliphatic hydroxyl groups excluding tert-OH is 1. The minimum atomic E-state index is -0.137. The topological polar surface area (TPSA) is 37.3 Å². The molecule has 15 heavy (non-hydrogen) atoms. The third kappa shape index (κ3) is 2.29. The number of rotatable bonds is 2. The molecular weight excluding hydrogens is 256 g/mol. The maximum absolute atomic E-state index is 11.3. The van der Waals surface area contributed by atoms with Gasteiger partial charge in [0.05, 0.1) is 11.8 Å². The summed E-state index contributed by atoms with van der Waals surface area (Å²) in [5.41, 5.74) is 3.10. The van der Waals surface area contributed by atoms with E-state index in [2.05, 4.69) is 15.9 Å². The molecule has 1 aromatic rings. The number of carbonyl (C=O) groups excluding carboxylic acids is 1. The van der Waals surface area contributed by atoms with Crippen molar-refractivity contribution >= 4 is 27.3 Å². The number of benzene rings is 1. The maximum atomic E-state index is 11.3. The normalized spacial score (nSPS) is 11.6. The van der Waals surface area contributed by atoms with Crippen LogP contribution in [-0.2, 0) is 4.79 Å². The summed E-state index contributed by atoms with van der Waals surface area (Å²) in [5.74, 6) is -0.137. The maximum Gasteiger partial charge on any atom is 0.163 e. The van der Waals surface area contributed by atoms with Gasteiger partial charge in [-0.1, -0.05) is 22.0 Å². The van der Waals surface area contributed by atoms with Gasteiger partial charge in [-0.05, 0) is 43.5 Å². The van der Waals surface area contributed by atoms with Crippen molar-refractivity contribution in [1.29, 1.82) is 0 Å². The second kappa shape index (κ2) is 4.62. The second-order valence-electron chi connectivity index (χ2n) is 3.46. The van der Waals surface area contributed by atoms with Crippen LogP contribution in [0, 0.1) is 13.8 Å². The van der Waals surface area contributed by atoms with Crippen molar-refractivity contribution in [1.82, 2.24) is 0 Å². The van der Waals surface area contributed by atoms with Gasteiger partial charge in [-0.3, -0.25) is 4.79 Å². The highest BCUT2D eigenvalue weighted by molar-refractivity contribution is 9.10. The Labute approximate surface area is 97.8 Å². The Bertz CT molecular complexity index is 433. The van der Waals surface area contributed by atoms with E-state index in [9.17, 15) is 4.79 Å². The summed E-state index contributed by atoms with van der Waals surface area (Å²) in [6, 6.07) is 3.85. The number of carbonyl (C=O) groups is 1. The number of halogens is 1. The van der Waals surface area contributed by atoms with Crippen LogP contribution < -0.4 is 0 Å². The van der Waals surface area contributed by atoms with Crippen molar-refractivity contribution in [3.63, 3.8) is 0 Å². The SMILES string of the molecule is CC(=O)/C(=C/O)c1c(C)ccc(Br)c1C. The van der Waals surface area contributed by atoms with Crippen molar-refractivity contribution in [3.05, 3.63) is 39.6 Å². The smallest absolute Gasteiger partial charge is 0.163 e. The average molecular weight is 269 g/mol. The third-order valence-electron chi connectivity index (χ3n) is 2.38. The van der Waals surface area contributed by atoms with Crippen LogP contribution in [-0.4, -0.2) is 10.9 Å². The number of Topliss-reactive ketones (excluding diaryl/α,β-unsaturated/α-hetero) is 1. The lowest BCUT2D eigenvalue weighted by atomic mass is 9.94. The first-order valence-corrected chi connectivity index (χ1v) is 5.39. The first-order valence-electron chi connectivity index (χ1n) is 4.60. The van der Waals surface area contributed by atoms with Crippen molar-refractivity contribution in [2.45, 2.75) is 20.8 Å². The number of ketones is 1. The molecule has 80 valence electrons. The lowest BCUT2D eigenvalue weighted by Crippen LogP contribution is -2.01. The van der Waals surface area contributed by atoms with Gasteiger partial charge in [0.25, 0.3) is 0 Å². The van der Waals surface area contributed by atoms with Crippen LogP contribution in [0.25, 0.3) is 5.57 Å². The summed E-state index contributed by atoms with van der Waals surface area (Å²) in [7, 11) is 0. The molecule has 0 aromatic heterocycles. The summed E-state index contributed by atoms with van der Waals surface area (Å²) in [6.07, 6.45) is 0.879. The zero-order valence-electron chi connectivity index (χ0n) is 8.97. The fraction of sp³-hybridized carbons (Fsp3) is 0.250. The van der Waals surface area contributed by atoms with Crippen LogP contribution in [0.1, 0.15) is 23.6 Å². The first-order chi connectivity index (χ1) is 6.99. The molecule has 0 fully saturated rings. The Morgan fingerprint density at radius 1 is 1.40 bits per heavy atom. The molecule has 1 aromatic carbocycles. The predicted molar refractivity (Wildman–Crippen MR) is 64.9 cm³/mol. The van der Waals surface area contributed by atoms with Crippen LogP contribution in [0.3, 0.4) is 0 Å². The van der Waals surface area contributed by atoms with Gasteiger partial charge in [-0.15, -0.1) is 0 Å². The minimum absolute atomic E-state index is 0.137. The molecular formula is C12H13BrO2. The molecule has 1 rings (SSSR count). The summed E-state index contributed by atoms with van der Waals surface area (Å²) in [4.78, 5) is 11.3. The van der Waals surface area contributed by atoms with Gasteiger partial charge >= 0.3 is 0 Å². The molecule has 1 N–H and O–H groups in total. The van der Waals surface area contributed by atoms with Gasteiger partial charge in [0, 0.05) is 4.47 Å². The van der Waals surface area contributed by atoms with E-state index in [0.29, 0.717) is 5.57 Å². The van der Waals surface area contributed by atoms with E-state index in [4.69, 9.17) is 5.11 Å². The van der Waals surface area contributed by atoms with E-state index in [1.165, 1.54) is 6.92 Å². The van der Waals surface area contributed by atoms with Crippen LogP contribution in [0.2, 0.25) is 0 Å². The number of aliphatic hydroxyl groups is 1. The molecule has 0 amide bonds. The fourth-order valence-corrected chi connectivity index (χ4v) is 1.90. The lowest BCUT2D eigenvalue weighted by molar-refractivity contribution is -0.111. The van der Waals surface area contributed by atoms with Gasteiger partial charge in [0.1, 0.15) is 0 Å². The van der Waals surface area contributed by atoms with Gasteiger partial charge in [0.2, 0.25) is 0 Å². The number of hydrogen-bond acceptors (Lipinski definition) is 2. The second-order valence-corrected chi connectivity index (χ2v) is 4.32. The highest BCUT2D eigenvalue weighted by atomic mass is 79.9. The molecule has 0 atom stereocenters. The van der Waals surface area contributed by atoms with Gasteiger partial charge in [-0.25, -0.2) is 0 Å². The van der Waals surface area contributed by atoms with E-state index < -0.39 is 0 Å². The van der Waals surface area contributed by atoms with Gasteiger partial charge < -0.3 is 5.11 Å². The molecule has 0 aliphatic carbocycles. The van der Waals surface area contributed by atoms with E-state index in [1.54, 1.807) is 0 Å². The summed E-state index contributed by atoms with van der Waals surface area (Å²) >= 11 is 3.41. The Balaban J connectivity index is 3.48. The highest BCUT2D eigenvalue weighted by Gasteiger charge is 2.14. The molecule has 0 saturated carbocycles. The molecule has 0 radical (unpaired) electrons. The zero-order chi connectivity index (χ0) is 11.6. The standard InChI is InChI=1S/C12H13BrO2/c1-7-4-5-11(13)8(2)12(7)10(6-14)9(3)15/h4-6,14H,1-3H3/b10-6-. The van der Waals surface area contributed by atoms with Crippen molar-refractivity contribution in [2.24, 2.45) is 0 Å². The lowest BCUT2D eigenvalue weighted by Gasteiger charge is -2.12. The predicted octanol–water partition coefficient (Wildman–Crippen LogP) is 3.55. The summed E-state index contributed by atoms with van der Waals surface area (Å²) < 4.78 is 0.934.